The van der Waals surface area contributed by atoms with Crippen molar-refractivity contribution in [3.8, 4) is 0 Å². The summed E-state index contributed by atoms with van der Waals surface area (Å²) < 4.78 is 32.9. The van der Waals surface area contributed by atoms with E-state index in [0.29, 0.717) is 36.4 Å². The van der Waals surface area contributed by atoms with Crippen LogP contribution >= 0.6 is 0 Å². The fourth-order valence-electron chi connectivity index (χ4n) is 3.01. The predicted molar refractivity (Wildman–Crippen MR) is 88.1 cm³/mol. The Bertz CT molecular complexity index is 588. The van der Waals surface area contributed by atoms with Crippen LogP contribution in [0.2, 0.25) is 0 Å². The lowest BCUT2D eigenvalue weighted by Crippen LogP contribution is -2.42. The number of ether oxygens (including phenoxy) is 1. The summed E-state index contributed by atoms with van der Waals surface area (Å²) in [5, 5.41) is 0. The van der Waals surface area contributed by atoms with Crippen molar-refractivity contribution in [2.24, 2.45) is 11.8 Å². The fourth-order valence-corrected chi connectivity index (χ4v) is 4.76. The Labute approximate surface area is 134 Å². The summed E-state index contributed by atoms with van der Waals surface area (Å²) in [6.07, 6.45) is 1.22. The molecule has 0 radical (unpaired) electrons. The van der Waals surface area contributed by atoms with Crippen LogP contribution in [0.3, 0.4) is 0 Å². The van der Waals surface area contributed by atoms with E-state index in [0.717, 1.165) is 12.0 Å². The molecular formula is C17H27NO3S. The van der Waals surface area contributed by atoms with Crippen molar-refractivity contribution in [3.63, 3.8) is 0 Å². The van der Waals surface area contributed by atoms with E-state index in [1.165, 1.54) is 0 Å². The largest absolute Gasteiger partial charge is 0.374 e. The summed E-state index contributed by atoms with van der Waals surface area (Å²) in [7, 11) is -3.41. The van der Waals surface area contributed by atoms with Crippen molar-refractivity contribution in [2.45, 2.75) is 51.7 Å². The van der Waals surface area contributed by atoms with Crippen LogP contribution < -0.4 is 0 Å². The number of benzene rings is 1. The lowest BCUT2D eigenvalue weighted by Gasteiger charge is -2.34. The zero-order chi connectivity index (χ0) is 16.3. The first kappa shape index (κ1) is 17.4. The summed E-state index contributed by atoms with van der Waals surface area (Å²) >= 11 is 0. The van der Waals surface area contributed by atoms with Crippen molar-refractivity contribution in [2.75, 3.05) is 13.1 Å². The van der Waals surface area contributed by atoms with Gasteiger partial charge in [0.1, 0.15) is 0 Å². The molecule has 0 spiro atoms. The highest BCUT2D eigenvalue weighted by atomic mass is 32.2. The summed E-state index contributed by atoms with van der Waals surface area (Å²) in [5.41, 5.74) is 0.896. The number of piperidine rings is 1. The van der Waals surface area contributed by atoms with Gasteiger partial charge in [-0.3, -0.25) is 0 Å². The molecule has 0 aliphatic carbocycles. The van der Waals surface area contributed by atoms with E-state index in [1.54, 1.807) is 22.5 Å². The van der Waals surface area contributed by atoms with Crippen LogP contribution in [0.25, 0.3) is 0 Å². The first-order chi connectivity index (χ1) is 10.3. The average molecular weight is 325 g/mol. The van der Waals surface area contributed by atoms with Gasteiger partial charge in [0.25, 0.3) is 0 Å². The molecule has 0 aromatic heterocycles. The predicted octanol–water partition coefficient (Wildman–Crippen LogP) is 3.28. The average Bonchev–Trinajstić information content (AvgIpc) is 2.44. The first-order valence-corrected chi connectivity index (χ1v) is 9.43. The van der Waals surface area contributed by atoms with Gasteiger partial charge in [-0.05, 0) is 49.8 Å². The van der Waals surface area contributed by atoms with E-state index in [4.69, 9.17) is 4.74 Å². The Morgan fingerprint density at radius 2 is 1.86 bits per heavy atom. The summed E-state index contributed by atoms with van der Waals surface area (Å²) in [5.74, 6) is 0.817. The van der Waals surface area contributed by atoms with E-state index < -0.39 is 10.0 Å². The standard InChI is InChI=1S/C17H27NO3S/c1-13(2)21-12-16-6-5-7-17(9-16)22(19,20)18-10-14(3)8-15(4)11-18/h5-7,9,13-15H,8,10-12H2,1-4H3/t14-,15+. The third-order valence-electron chi connectivity index (χ3n) is 3.95. The second-order valence-corrected chi connectivity index (χ2v) is 8.71. The fraction of sp³-hybridized carbons (Fsp3) is 0.647. The summed E-state index contributed by atoms with van der Waals surface area (Å²) in [6, 6.07) is 7.12. The van der Waals surface area contributed by atoms with E-state index in [-0.39, 0.29) is 6.10 Å². The van der Waals surface area contributed by atoms with Gasteiger partial charge in [-0.25, -0.2) is 8.42 Å². The highest BCUT2D eigenvalue weighted by Crippen LogP contribution is 2.27. The molecule has 22 heavy (non-hydrogen) atoms. The molecule has 0 saturated carbocycles. The highest BCUT2D eigenvalue weighted by molar-refractivity contribution is 7.89. The molecule has 0 N–H and O–H groups in total. The van der Waals surface area contributed by atoms with E-state index in [9.17, 15) is 8.42 Å². The molecule has 2 rings (SSSR count). The number of hydrogen-bond acceptors (Lipinski definition) is 3. The van der Waals surface area contributed by atoms with Crippen LogP contribution in [0.4, 0.5) is 0 Å². The summed E-state index contributed by atoms with van der Waals surface area (Å²) in [6.45, 7) is 9.83. The number of hydrogen-bond donors (Lipinski definition) is 0. The van der Waals surface area contributed by atoms with Crippen molar-refractivity contribution in [3.05, 3.63) is 29.8 Å². The lowest BCUT2D eigenvalue weighted by atomic mass is 9.94. The minimum absolute atomic E-state index is 0.129. The zero-order valence-electron chi connectivity index (χ0n) is 14.0. The number of rotatable bonds is 5. The monoisotopic (exact) mass is 325 g/mol. The van der Waals surface area contributed by atoms with Gasteiger partial charge in [0.05, 0.1) is 17.6 Å². The molecule has 1 aliphatic heterocycles. The molecular weight excluding hydrogens is 298 g/mol. The van der Waals surface area contributed by atoms with Gasteiger partial charge >= 0.3 is 0 Å². The van der Waals surface area contributed by atoms with Crippen LogP contribution in [0.1, 0.15) is 39.7 Å². The third-order valence-corrected chi connectivity index (χ3v) is 5.78. The third kappa shape index (κ3) is 4.31. The zero-order valence-corrected chi connectivity index (χ0v) is 14.8. The van der Waals surface area contributed by atoms with Crippen LogP contribution in [-0.2, 0) is 21.4 Å². The molecule has 0 amide bonds. The normalized spacial score (nSPS) is 23.9. The minimum Gasteiger partial charge on any atom is -0.374 e. The van der Waals surface area contributed by atoms with Crippen molar-refractivity contribution in [1.82, 2.24) is 4.31 Å². The number of sulfonamides is 1. The van der Waals surface area contributed by atoms with Crippen LogP contribution in [0.5, 0.6) is 0 Å². The Balaban J connectivity index is 2.20. The highest BCUT2D eigenvalue weighted by Gasteiger charge is 2.31. The van der Waals surface area contributed by atoms with Crippen molar-refractivity contribution in [1.29, 1.82) is 0 Å². The first-order valence-electron chi connectivity index (χ1n) is 7.99. The molecule has 0 bridgehead atoms. The second kappa shape index (κ2) is 7.11. The molecule has 5 heteroatoms. The Morgan fingerprint density at radius 3 is 2.45 bits per heavy atom. The van der Waals surface area contributed by atoms with Crippen molar-refractivity contribution >= 4 is 10.0 Å². The van der Waals surface area contributed by atoms with Gasteiger partial charge in [0.15, 0.2) is 0 Å². The van der Waals surface area contributed by atoms with Crippen LogP contribution in [-0.4, -0.2) is 31.9 Å². The SMILES string of the molecule is CC(C)OCc1cccc(S(=O)(=O)N2C[C@H](C)C[C@H](C)C2)c1. The van der Waals surface area contributed by atoms with E-state index in [1.807, 2.05) is 19.9 Å². The molecule has 1 heterocycles. The van der Waals surface area contributed by atoms with Crippen LogP contribution in [0.15, 0.2) is 29.2 Å². The van der Waals surface area contributed by atoms with Gasteiger partial charge in [0, 0.05) is 13.1 Å². The molecule has 1 fully saturated rings. The Kier molecular flexibility index (Phi) is 5.64. The maximum absolute atomic E-state index is 12.9. The Hall–Kier alpha value is -0.910. The van der Waals surface area contributed by atoms with Gasteiger partial charge in [-0.2, -0.15) is 4.31 Å². The van der Waals surface area contributed by atoms with Gasteiger partial charge in [-0.1, -0.05) is 26.0 Å². The topological polar surface area (TPSA) is 46.6 Å². The molecule has 1 aromatic carbocycles. The minimum atomic E-state index is -3.41. The van der Waals surface area contributed by atoms with Crippen molar-refractivity contribution < 1.29 is 13.2 Å². The van der Waals surface area contributed by atoms with E-state index >= 15 is 0 Å². The molecule has 4 nitrogen and oxygen atoms in total. The molecule has 2 atom stereocenters. The summed E-state index contributed by atoms with van der Waals surface area (Å²) in [4.78, 5) is 0.374. The van der Waals surface area contributed by atoms with Crippen LogP contribution in [0, 0.1) is 11.8 Å². The van der Waals surface area contributed by atoms with Gasteiger partial charge in [-0.15, -0.1) is 0 Å². The molecule has 1 aliphatic rings. The Morgan fingerprint density at radius 1 is 1.23 bits per heavy atom. The maximum Gasteiger partial charge on any atom is 0.243 e. The van der Waals surface area contributed by atoms with Gasteiger partial charge in [0.2, 0.25) is 10.0 Å². The maximum atomic E-state index is 12.9. The quantitative estimate of drug-likeness (QED) is 0.834. The molecule has 0 unspecified atom stereocenters. The lowest BCUT2D eigenvalue weighted by molar-refractivity contribution is 0.0656. The second-order valence-electron chi connectivity index (χ2n) is 6.78. The number of nitrogens with zero attached hydrogens (tertiary/aromatic N) is 1. The van der Waals surface area contributed by atoms with E-state index in [2.05, 4.69) is 13.8 Å². The molecule has 124 valence electrons. The van der Waals surface area contributed by atoms with Gasteiger partial charge < -0.3 is 4.74 Å². The smallest absolute Gasteiger partial charge is 0.243 e. The molecule has 1 aromatic rings. The molecule has 1 saturated heterocycles.